The van der Waals surface area contributed by atoms with Crippen LogP contribution < -0.4 is 5.32 Å². The first kappa shape index (κ1) is 11.2. The zero-order valence-electron chi connectivity index (χ0n) is 9.02. The Hall–Kier alpha value is -1.33. The van der Waals surface area contributed by atoms with Gasteiger partial charge in [0.1, 0.15) is 11.4 Å². The highest BCUT2D eigenvalue weighted by Gasteiger charge is 2.63. The van der Waals surface area contributed by atoms with E-state index < -0.39 is 11.7 Å². The molecular formula is C10H12F3N3. The maximum absolute atomic E-state index is 12.7. The second kappa shape index (κ2) is 3.33. The van der Waals surface area contributed by atoms with Crippen molar-refractivity contribution in [3.8, 4) is 0 Å². The Labute approximate surface area is 91.1 Å². The Balaban J connectivity index is 2.19. The van der Waals surface area contributed by atoms with E-state index >= 15 is 0 Å². The maximum atomic E-state index is 12.7. The van der Waals surface area contributed by atoms with E-state index in [4.69, 9.17) is 0 Å². The third-order valence-electron chi connectivity index (χ3n) is 2.85. The summed E-state index contributed by atoms with van der Waals surface area (Å²) in [6.45, 7) is 3.49. The molecule has 1 heterocycles. The molecule has 88 valence electrons. The predicted molar refractivity (Wildman–Crippen MR) is 53.1 cm³/mol. The van der Waals surface area contributed by atoms with Crippen LogP contribution in [0.15, 0.2) is 6.20 Å². The minimum Gasteiger partial charge on any atom is -0.355 e. The third-order valence-corrected chi connectivity index (χ3v) is 2.85. The molecule has 0 spiro atoms. The van der Waals surface area contributed by atoms with Crippen molar-refractivity contribution in [2.24, 2.45) is 0 Å². The van der Waals surface area contributed by atoms with E-state index in [0.717, 1.165) is 5.69 Å². The van der Waals surface area contributed by atoms with Gasteiger partial charge < -0.3 is 5.32 Å². The first-order valence-electron chi connectivity index (χ1n) is 4.99. The Morgan fingerprint density at radius 3 is 2.31 bits per heavy atom. The topological polar surface area (TPSA) is 37.8 Å². The first-order chi connectivity index (χ1) is 7.34. The molecule has 0 radical (unpaired) electrons. The molecule has 2 rings (SSSR count). The standard InChI is InChI=1S/C10H12F3N3/c1-6-7(2)15-8(5-14-6)16-9(3-4-9)10(11,12)13/h5H,3-4H2,1-2H3,(H,15,16). The zero-order chi connectivity index (χ0) is 12.0. The maximum Gasteiger partial charge on any atom is 0.411 e. The van der Waals surface area contributed by atoms with E-state index in [2.05, 4.69) is 15.3 Å². The average Bonchev–Trinajstić information content (AvgIpc) is 2.91. The molecule has 1 saturated carbocycles. The van der Waals surface area contributed by atoms with Crippen molar-refractivity contribution in [1.29, 1.82) is 0 Å². The molecule has 0 bridgehead atoms. The van der Waals surface area contributed by atoms with Gasteiger partial charge in [-0.3, -0.25) is 4.98 Å². The van der Waals surface area contributed by atoms with Gasteiger partial charge in [-0.25, -0.2) is 4.98 Å². The molecule has 1 aromatic rings. The molecule has 0 atom stereocenters. The van der Waals surface area contributed by atoms with Crippen molar-refractivity contribution in [1.82, 2.24) is 9.97 Å². The minimum atomic E-state index is -4.23. The Kier molecular flexibility index (Phi) is 2.32. The lowest BCUT2D eigenvalue weighted by Crippen LogP contribution is -2.39. The summed E-state index contributed by atoms with van der Waals surface area (Å²) in [6.07, 6.45) is -2.68. The largest absolute Gasteiger partial charge is 0.411 e. The lowest BCUT2D eigenvalue weighted by Gasteiger charge is -2.21. The van der Waals surface area contributed by atoms with Crippen LogP contribution >= 0.6 is 0 Å². The summed E-state index contributed by atoms with van der Waals surface area (Å²) < 4.78 is 38.0. The normalized spacial score (nSPS) is 18.3. The molecule has 0 aliphatic heterocycles. The van der Waals surface area contributed by atoms with Crippen molar-refractivity contribution in [3.05, 3.63) is 17.6 Å². The summed E-state index contributed by atoms with van der Waals surface area (Å²) in [7, 11) is 0. The minimum absolute atomic E-state index is 0.102. The van der Waals surface area contributed by atoms with Crippen molar-refractivity contribution in [2.75, 3.05) is 5.32 Å². The van der Waals surface area contributed by atoms with E-state index in [-0.39, 0.29) is 18.7 Å². The van der Waals surface area contributed by atoms with Gasteiger partial charge in [0.15, 0.2) is 0 Å². The van der Waals surface area contributed by atoms with Gasteiger partial charge >= 0.3 is 6.18 Å². The van der Waals surface area contributed by atoms with Gasteiger partial charge in [-0.05, 0) is 26.7 Å². The molecule has 1 aromatic heterocycles. The molecule has 0 unspecified atom stereocenters. The highest BCUT2D eigenvalue weighted by Crippen LogP contribution is 2.50. The first-order valence-corrected chi connectivity index (χ1v) is 4.99. The van der Waals surface area contributed by atoms with Crippen LogP contribution in [0.1, 0.15) is 24.2 Å². The quantitative estimate of drug-likeness (QED) is 0.850. The van der Waals surface area contributed by atoms with Gasteiger partial charge in [0.2, 0.25) is 0 Å². The Morgan fingerprint density at radius 2 is 1.88 bits per heavy atom. The summed E-state index contributed by atoms with van der Waals surface area (Å²) in [6, 6.07) is 0. The third kappa shape index (κ3) is 1.83. The Bertz CT molecular complexity index is 410. The fraction of sp³-hybridized carbons (Fsp3) is 0.600. The molecule has 1 fully saturated rings. The number of nitrogens with one attached hydrogen (secondary N) is 1. The fourth-order valence-electron chi connectivity index (χ4n) is 1.45. The highest BCUT2D eigenvalue weighted by molar-refractivity contribution is 5.41. The molecule has 3 nitrogen and oxygen atoms in total. The number of hydrogen-bond donors (Lipinski definition) is 1. The zero-order valence-corrected chi connectivity index (χ0v) is 9.02. The fourth-order valence-corrected chi connectivity index (χ4v) is 1.45. The van der Waals surface area contributed by atoms with Gasteiger partial charge in [0.25, 0.3) is 0 Å². The molecule has 0 saturated heterocycles. The number of aryl methyl sites for hydroxylation is 2. The number of anilines is 1. The monoisotopic (exact) mass is 231 g/mol. The number of hydrogen-bond acceptors (Lipinski definition) is 3. The summed E-state index contributed by atoms with van der Waals surface area (Å²) >= 11 is 0. The van der Waals surface area contributed by atoms with Crippen LogP contribution in [0.4, 0.5) is 19.0 Å². The molecule has 1 N–H and O–H groups in total. The van der Waals surface area contributed by atoms with Crippen molar-refractivity contribution in [3.63, 3.8) is 0 Å². The van der Waals surface area contributed by atoms with Gasteiger partial charge in [-0.15, -0.1) is 0 Å². The van der Waals surface area contributed by atoms with Crippen molar-refractivity contribution >= 4 is 5.82 Å². The van der Waals surface area contributed by atoms with E-state index in [1.165, 1.54) is 6.20 Å². The van der Waals surface area contributed by atoms with E-state index in [1.54, 1.807) is 13.8 Å². The predicted octanol–water partition coefficient (Wildman–Crippen LogP) is 2.60. The number of nitrogens with zero attached hydrogens (tertiary/aromatic N) is 2. The van der Waals surface area contributed by atoms with E-state index in [0.29, 0.717) is 5.69 Å². The van der Waals surface area contributed by atoms with Crippen molar-refractivity contribution in [2.45, 2.75) is 38.4 Å². The summed E-state index contributed by atoms with van der Waals surface area (Å²) in [5.41, 5.74) is -0.408. The van der Waals surface area contributed by atoms with Crippen LogP contribution in [-0.4, -0.2) is 21.7 Å². The van der Waals surface area contributed by atoms with Crippen LogP contribution in [0.3, 0.4) is 0 Å². The molecule has 1 aliphatic rings. The van der Waals surface area contributed by atoms with Gasteiger partial charge in [-0.1, -0.05) is 0 Å². The van der Waals surface area contributed by atoms with Crippen LogP contribution in [0.5, 0.6) is 0 Å². The molecular weight excluding hydrogens is 219 g/mol. The highest BCUT2D eigenvalue weighted by atomic mass is 19.4. The SMILES string of the molecule is Cc1ncc(NC2(C(F)(F)F)CC2)nc1C. The van der Waals surface area contributed by atoms with Crippen molar-refractivity contribution < 1.29 is 13.2 Å². The van der Waals surface area contributed by atoms with E-state index in [9.17, 15) is 13.2 Å². The molecule has 16 heavy (non-hydrogen) atoms. The average molecular weight is 231 g/mol. The van der Waals surface area contributed by atoms with E-state index in [1.807, 2.05) is 0 Å². The molecule has 0 amide bonds. The second-order valence-corrected chi connectivity index (χ2v) is 4.13. The smallest absolute Gasteiger partial charge is 0.355 e. The molecule has 6 heteroatoms. The lowest BCUT2D eigenvalue weighted by molar-refractivity contribution is -0.151. The molecule has 1 aliphatic carbocycles. The number of halogens is 3. The van der Waals surface area contributed by atoms with Gasteiger partial charge in [0, 0.05) is 0 Å². The lowest BCUT2D eigenvalue weighted by atomic mass is 10.2. The van der Waals surface area contributed by atoms with Crippen LogP contribution in [0, 0.1) is 13.8 Å². The number of rotatable bonds is 2. The van der Waals surface area contributed by atoms with Gasteiger partial charge in [-0.2, -0.15) is 13.2 Å². The number of alkyl halides is 3. The van der Waals surface area contributed by atoms with Crippen LogP contribution in [0.2, 0.25) is 0 Å². The Morgan fingerprint density at radius 1 is 1.25 bits per heavy atom. The summed E-state index contributed by atoms with van der Waals surface area (Å²) in [5.74, 6) is 0.193. The second-order valence-electron chi connectivity index (χ2n) is 4.13. The number of aromatic nitrogens is 2. The van der Waals surface area contributed by atoms with Crippen LogP contribution in [-0.2, 0) is 0 Å². The van der Waals surface area contributed by atoms with Gasteiger partial charge in [0.05, 0.1) is 17.6 Å². The molecule has 0 aromatic carbocycles. The summed E-state index contributed by atoms with van der Waals surface area (Å²) in [4.78, 5) is 8.02. The summed E-state index contributed by atoms with van der Waals surface area (Å²) in [5, 5.41) is 2.44. The van der Waals surface area contributed by atoms with Crippen LogP contribution in [0.25, 0.3) is 0 Å².